The maximum absolute atomic E-state index is 11.9. The Morgan fingerprint density at radius 2 is 1.70 bits per heavy atom. The molecule has 1 amide bonds. The molecule has 0 spiro atoms. The summed E-state index contributed by atoms with van der Waals surface area (Å²) >= 11 is 5.92. The van der Waals surface area contributed by atoms with Gasteiger partial charge in [0.1, 0.15) is 6.04 Å². The van der Waals surface area contributed by atoms with E-state index in [9.17, 15) is 4.79 Å². The second-order valence-corrected chi connectivity index (χ2v) is 5.86. The molecule has 0 saturated carbocycles. The lowest BCUT2D eigenvalue weighted by molar-refractivity contribution is -0.123. The van der Waals surface area contributed by atoms with Gasteiger partial charge in [0.2, 0.25) is 11.9 Å². The van der Waals surface area contributed by atoms with Gasteiger partial charge in [0, 0.05) is 43.6 Å². The first-order chi connectivity index (χ1) is 11.1. The van der Waals surface area contributed by atoms with E-state index in [1.807, 2.05) is 12.1 Å². The zero-order chi connectivity index (χ0) is 16.2. The number of nitrogens with two attached hydrogens (primary N) is 1. The first kappa shape index (κ1) is 15.7. The second kappa shape index (κ2) is 6.93. The zero-order valence-electron chi connectivity index (χ0n) is 12.6. The van der Waals surface area contributed by atoms with Crippen molar-refractivity contribution in [3.8, 4) is 0 Å². The third-order valence-corrected chi connectivity index (χ3v) is 4.22. The van der Waals surface area contributed by atoms with Crippen LogP contribution in [0.3, 0.4) is 0 Å². The highest BCUT2D eigenvalue weighted by Crippen LogP contribution is 2.24. The summed E-state index contributed by atoms with van der Waals surface area (Å²) in [4.78, 5) is 24.7. The van der Waals surface area contributed by atoms with Crippen LogP contribution in [0, 0.1) is 0 Å². The summed E-state index contributed by atoms with van der Waals surface area (Å²) in [7, 11) is 0. The lowest BCUT2D eigenvalue weighted by atomic mass is 10.0. The molecule has 2 heterocycles. The van der Waals surface area contributed by atoms with Crippen molar-refractivity contribution in [2.45, 2.75) is 6.04 Å². The maximum atomic E-state index is 11.9. The largest absolute Gasteiger partial charge is 0.368 e. The molecular weight excluding hydrogens is 314 g/mol. The molecule has 1 saturated heterocycles. The number of carbonyl (C=O) groups is 1. The highest BCUT2D eigenvalue weighted by Gasteiger charge is 2.29. The van der Waals surface area contributed by atoms with E-state index in [-0.39, 0.29) is 5.91 Å². The number of aromatic nitrogens is 2. The number of benzene rings is 1. The molecule has 120 valence electrons. The van der Waals surface area contributed by atoms with Crippen LogP contribution < -0.4 is 10.6 Å². The van der Waals surface area contributed by atoms with E-state index in [1.54, 1.807) is 30.6 Å². The Labute approximate surface area is 139 Å². The highest BCUT2D eigenvalue weighted by molar-refractivity contribution is 6.30. The van der Waals surface area contributed by atoms with Crippen LogP contribution in [0.2, 0.25) is 5.02 Å². The minimum absolute atomic E-state index is 0.350. The van der Waals surface area contributed by atoms with E-state index in [4.69, 9.17) is 17.3 Å². The summed E-state index contributed by atoms with van der Waals surface area (Å²) in [5.41, 5.74) is 6.50. The molecule has 1 atom stereocenters. The van der Waals surface area contributed by atoms with Gasteiger partial charge in [-0.15, -0.1) is 0 Å². The van der Waals surface area contributed by atoms with E-state index in [2.05, 4.69) is 19.8 Å². The molecular formula is C16H18ClN5O. The van der Waals surface area contributed by atoms with Gasteiger partial charge in [-0.1, -0.05) is 23.7 Å². The second-order valence-electron chi connectivity index (χ2n) is 5.43. The quantitative estimate of drug-likeness (QED) is 0.918. The van der Waals surface area contributed by atoms with Crippen molar-refractivity contribution in [3.05, 3.63) is 53.3 Å². The van der Waals surface area contributed by atoms with Crippen LogP contribution in [0.15, 0.2) is 42.7 Å². The smallest absolute Gasteiger partial charge is 0.239 e. The topological polar surface area (TPSA) is 75.4 Å². The van der Waals surface area contributed by atoms with Crippen LogP contribution in [0.4, 0.5) is 5.95 Å². The van der Waals surface area contributed by atoms with Crippen molar-refractivity contribution in [1.82, 2.24) is 14.9 Å². The Hall–Kier alpha value is -2.18. The molecule has 0 aliphatic carbocycles. The summed E-state index contributed by atoms with van der Waals surface area (Å²) in [5.74, 6) is 0.367. The lowest BCUT2D eigenvalue weighted by Crippen LogP contribution is -2.50. The van der Waals surface area contributed by atoms with Crippen molar-refractivity contribution >= 4 is 23.5 Å². The molecule has 1 aliphatic heterocycles. The molecule has 1 aromatic heterocycles. The third-order valence-electron chi connectivity index (χ3n) is 3.97. The normalized spacial score (nSPS) is 17.0. The summed E-state index contributed by atoms with van der Waals surface area (Å²) in [5, 5.41) is 0.642. The highest BCUT2D eigenvalue weighted by atomic mass is 35.5. The number of amides is 1. The van der Waals surface area contributed by atoms with Gasteiger partial charge in [-0.2, -0.15) is 0 Å². The molecule has 7 heteroatoms. The first-order valence-electron chi connectivity index (χ1n) is 7.46. The monoisotopic (exact) mass is 331 g/mol. The van der Waals surface area contributed by atoms with Gasteiger partial charge >= 0.3 is 0 Å². The van der Waals surface area contributed by atoms with Gasteiger partial charge in [0.25, 0.3) is 0 Å². The predicted octanol–water partition coefficient (Wildman–Crippen LogP) is 1.48. The Bertz CT molecular complexity index is 656. The Morgan fingerprint density at radius 3 is 2.26 bits per heavy atom. The fourth-order valence-corrected chi connectivity index (χ4v) is 2.96. The van der Waals surface area contributed by atoms with Crippen LogP contribution >= 0.6 is 11.6 Å². The van der Waals surface area contributed by atoms with Gasteiger partial charge in [0.15, 0.2) is 0 Å². The molecule has 1 aromatic carbocycles. The molecule has 3 rings (SSSR count). The SMILES string of the molecule is NC(=O)C(c1ccc(Cl)cc1)N1CCN(c2ncccn2)CC1. The van der Waals surface area contributed by atoms with Crippen molar-refractivity contribution in [3.63, 3.8) is 0 Å². The number of primary amides is 1. The summed E-state index contributed by atoms with van der Waals surface area (Å²) in [6.07, 6.45) is 3.46. The van der Waals surface area contributed by atoms with E-state index in [0.29, 0.717) is 24.1 Å². The van der Waals surface area contributed by atoms with Gasteiger partial charge in [-0.25, -0.2) is 9.97 Å². The number of carbonyl (C=O) groups excluding carboxylic acids is 1. The summed E-state index contributed by atoms with van der Waals surface area (Å²) in [6, 6.07) is 8.62. The maximum Gasteiger partial charge on any atom is 0.239 e. The van der Waals surface area contributed by atoms with Crippen molar-refractivity contribution in [2.24, 2.45) is 5.73 Å². The van der Waals surface area contributed by atoms with Gasteiger partial charge in [-0.05, 0) is 23.8 Å². The fraction of sp³-hybridized carbons (Fsp3) is 0.312. The number of hydrogen-bond acceptors (Lipinski definition) is 5. The van der Waals surface area contributed by atoms with E-state index in [1.165, 1.54) is 0 Å². The standard InChI is InChI=1S/C16H18ClN5O/c17-13-4-2-12(3-5-13)14(15(18)23)21-8-10-22(11-9-21)16-19-6-1-7-20-16/h1-7,14H,8-11H2,(H2,18,23). The van der Waals surface area contributed by atoms with Crippen LogP contribution in [0.5, 0.6) is 0 Å². The molecule has 1 unspecified atom stereocenters. The fourth-order valence-electron chi connectivity index (χ4n) is 2.83. The van der Waals surface area contributed by atoms with Gasteiger partial charge in [0.05, 0.1) is 0 Å². The van der Waals surface area contributed by atoms with Crippen molar-refractivity contribution < 1.29 is 4.79 Å². The number of piperazine rings is 1. The minimum Gasteiger partial charge on any atom is -0.368 e. The van der Waals surface area contributed by atoms with Crippen LogP contribution in [-0.2, 0) is 4.79 Å². The Morgan fingerprint density at radius 1 is 1.09 bits per heavy atom. The number of halogens is 1. The molecule has 2 aromatic rings. The average Bonchev–Trinajstić information content (AvgIpc) is 2.58. The van der Waals surface area contributed by atoms with E-state index in [0.717, 1.165) is 18.7 Å². The summed E-state index contributed by atoms with van der Waals surface area (Å²) in [6.45, 7) is 2.94. The zero-order valence-corrected chi connectivity index (χ0v) is 13.4. The van der Waals surface area contributed by atoms with E-state index >= 15 is 0 Å². The number of hydrogen-bond donors (Lipinski definition) is 1. The molecule has 23 heavy (non-hydrogen) atoms. The van der Waals surface area contributed by atoms with Crippen LogP contribution in [0.25, 0.3) is 0 Å². The number of nitrogens with zero attached hydrogens (tertiary/aromatic N) is 4. The number of anilines is 1. The third kappa shape index (κ3) is 3.60. The summed E-state index contributed by atoms with van der Waals surface area (Å²) < 4.78 is 0. The van der Waals surface area contributed by atoms with Gasteiger partial charge in [-0.3, -0.25) is 9.69 Å². The van der Waals surface area contributed by atoms with Crippen molar-refractivity contribution in [1.29, 1.82) is 0 Å². The molecule has 1 aliphatic rings. The first-order valence-corrected chi connectivity index (χ1v) is 7.84. The Balaban J connectivity index is 1.71. The van der Waals surface area contributed by atoms with Crippen LogP contribution in [-0.4, -0.2) is 47.0 Å². The predicted molar refractivity (Wildman–Crippen MR) is 89.2 cm³/mol. The average molecular weight is 332 g/mol. The molecule has 0 radical (unpaired) electrons. The Kier molecular flexibility index (Phi) is 4.73. The van der Waals surface area contributed by atoms with E-state index < -0.39 is 6.04 Å². The van der Waals surface area contributed by atoms with Crippen molar-refractivity contribution in [2.75, 3.05) is 31.1 Å². The minimum atomic E-state index is -0.439. The molecule has 6 nitrogen and oxygen atoms in total. The lowest BCUT2D eigenvalue weighted by Gasteiger charge is -2.38. The number of rotatable bonds is 4. The van der Waals surface area contributed by atoms with Crippen LogP contribution in [0.1, 0.15) is 11.6 Å². The molecule has 2 N–H and O–H groups in total. The van der Waals surface area contributed by atoms with Gasteiger partial charge < -0.3 is 10.6 Å². The molecule has 0 bridgehead atoms. The molecule has 1 fully saturated rings.